The second-order valence-electron chi connectivity index (χ2n) is 7.58. The van der Waals surface area contributed by atoms with Gasteiger partial charge >= 0.3 is 12.4 Å². The van der Waals surface area contributed by atoms with E-state index in [2.05, 4.69) is 10.3 Å². The predicted molar refractivity (Wildman–Crippen MR) is 118 cm³/mol. The molecule has 9 heteroatoms. The summed E-state index contributed by atoms with van der Waals surface area (Å²) in [5, 5.41) is 2.32. The number of nitrogens with zero attached hydrogens (tertiary/aromatic N) is 2. The Bertz CT molecular complexity index is 1490. The third kappa shape index (κ3) is 3.63. The lowest BCUT2D eigenvalue weighted by Crippen LogP contribution is -2.19. The van der Waals surface area contributed by atoms with Crippen LogP contribution in [-0.2, 0) is 12.4 Å². The zero-order valence-corrected chi connectivity index (χ0v) is 17.2. The molecule has 3 nitrogen and oxygen atoms in total. The summed E-state index contributed by atoms with van der Waals surface area (Å²) < 4.78 is 86.9. The molecule has 0 saturated heterocycles. The Hall–Kier alpha value is -4.01. The van der Waals surface area contributed by atoms with E-state index in [1.54, 1.807) is 54.6 Å². The Balaban J connectivity index is 2.04. The van der Waals surface area contributed by atoms with Crippen molar-refractivity contribution in [2.75, 3.05) is 5.32 Å². The minimum atomic E-state index is -5.31. The minimum absolute atomic E-state index is 0.0441. The molecule has 5 aromatic rings. The predicted octanol–water partition coefficient (Wildman–Crippen LogP) is 7.96. The van der Waals surface area contributed by atoms with Gasteiger partial charge in [0.25, 0.3) is 0 Å². The van der Waals surface area contributed by atoms with Crippen LogP contribution < -0.4 is 5.32 Å². The molecular formula is C25H15F6N3. The van der Waals surface area contributed by atoms with Gasteiger partial charge in [-0.15, -0.1) is 0 Å². The van der Waals surface area contributed by atoms with Gasteiger partial charge in [0.15, 0.2) is 0 Å². The first-order chi connectivity index (χ1) is 16.2. The van der Waals surface area contributed by atoms with E-state index in [0.29, 0.717) is 10.3 Å². The van der Waals surface area contributed by atoms with Crippen LogP contribution in [0.2, 0.25) is 0 Å². The lowest BCUT2D eigenvalue weighted by Gasteiger charge is -2.16. The number of nitrogens with one attached hydrogen (secondary N) is 1. The van der Waals surface area contributed by atoms with Crippen molar-refractivity contribution in [3.63, 3.8) is 0 Å². The Kier molecular flexibility index (Phi) is 5.00. The Morgan fingerprint density at radius 1 is 0.676 bits per heavy atom. The highest BCUT2D eigenvalue weighted by Gasteiger charge is 2.49. The van der Waals surface area contributed by atoms with Gasteiger partial charge in [0.2, 0.25) is 0 Å². The molecule has 172 valence electrons. The average molecular weight is 471 g/mol. The molecule has 0 atom stereocenters. The molecule has 0 saturated carbocycles. The van der Waals surface area contributed by atoms with Crippen LogP contribution in [0.15, 0.2) is 84.9 Å². The molecule has 2 aromatic heterocycles. The van der Waals surface area contributed by atoms with Crippen molar-refractivity contribution in [2.45, 2.75) is 12.4 Å². The number of pyridine rings is 1. The molecule has 3 aromatic carbocycles. The highest BCUT2D eigenvalue weighted by atomic mass is 19.4. The third-order valence-electron chi connectivity index (χ3n) is 5.40. The lowest BCUT2D eigenvalue weighted by atomic mass is 10.1. The quantitative estimate of drug-likeness (QED) is 0.271. The van der Waals surface area contributed by atoms with Crippen LogP contribution in [0.3, 0.4) is 0 Å². The fourth-order valence-corrected chi connectivity index (χ4v) is 4.13. The summed E-state index contributed by atoms with van der Waals surface area (Å²) >= 11 is 0. The summed E-state index contributed by atoms with van der Waals surface area (Å²) in [6.45, 7) is 0. The van der Waals surface area contributed by atoms with Crippen LogP contribution in [0, 0.1) is 0 Å². The van der Waals surface area contributed by atoms with Gasteiger partial charge in [-0.3, -0.25) is 0 Å². The van der Waals surface area contributed by atoms with E-state index < -0.39 is 29.0 Å². The number of hydrogen-bond donors (Lipinski definition) is 1. The first-order valence-corrected chi connectivity index (χ1v) is 10.2. The number of fused-ring (bicyclic) bond motifs is 3. The van der Waals surface area contributed by atoms with Gasteiger partial charge in [-0.2, -0.15) is 26.3 Å². The number of benzene rings is 3. The van der Waals surface area contributed by atoms with E-state index >= 15 is 0 Å². The molecule has 2 heterocycles. The Morgan fingerprint density at radius 3 is 1.88 bits per heavy atom. The van der Waals surface area contributed by atoms with Crippen LogP contribution in [0.4, 0.5) is 37.8 Å². The van der Waals surface area contributed by atoms with Crippen molar-refractivity contribution >= 4 is 33.3 Å². The highest BCUT2D eigenvalue weighted by molar-refractivity contribution is 6.12. The smallest absolute Gasteiger partial charge is 0.340 e. The van der Waals surface area contributed by atoms with E-state index in [1.165, 1.54) is 30.3 Å². The van der Waals surface area contributed by atoms with Gasteiger partial charge in [0.05, 0.1) is 22.0 Å². The standard InChI is InChI=1S/C25H15F6N3/c26-24(27,28)20-19-21(34(22(20)25(29,30)31)16-11-5-2-6-12-16)17-13-7-8-14-18(17)33-23(19)32-15-9-3-1-4-10-15/h1-14H,(H,32,33). The summed E-state index contributed by atoms with van der Waals surface area (Å²) in [5.41, 5.74) is -3.20. The number of halogens is 6. The molecule has 0 aliphatic carbocycles. The molecule has 0 aliphatic heterocycles. The van der Waals surface area contributed by atoms with E-state index in [9.17, 15) is 26.3 Å². The van der Waals surface area contributed by atoms with Crippen LogP contribution in [-0.4, -0.2) is 9.55 Å². The van der Waals surface area contributed by atoms with Gasteiger partial charge in [0.1, 0.15) is 11.5 Å². The monoisotopic (exact) mass is 471 g/mol. The van der Waals surface area contributed by atoms with E-state index in [1.807, 2.05) is 0 Å². The molecule has 0 unspecified atom stereocenters. The first-order valence-electron chi connectivity index (χ1n) is 10.2. The molecule has 34 heavy (non-hydrogen) atoms. The second kappa shape index (κ2) is 7.79. The van der Waals surface area contributed by atoms with Crippen LogP contribution in [0.5, 0.6) is 0 Å². The van der Waals surface area contributed by atoms with Gasteiger partial charge < -0.3 is 9.88 Å². The normalized spacial score (nSPS) is 12.4. The first kappa shape index (κ1) is 21.8. The zero-order chi connectivity index (χ0) is 24.1. The molecule has 1 N–H and O–H groups in total. The lowest BCUT2D eigenvalue weighted by molar-refractivity contribution is -0.164. The van der Waals surface area contributed by atoms with Crippen molar-refractivity contribution in [3.8, 4) is 5.69 Å². The number of anilines is 2. The van der Waals surface area contributed by atoms with E-state index in [-0.39, 0.29) is 27.9 Å². The maximum atomic E-state index is 14.4. The Morgan fingerprint density at radius 2 is 1.26 bits per heavy atom. The number of aromatic nitrogens is 2. The highest BCUT2D eigenvalue weighted by Crippen LogP contribution is 2.50. The van der Waals surface area contributed by atoms with Crippen molar-refractivity contribution in [1.82, 2.24) is 9.55 Å². The summed E-state index contributed by atoms with van der Waals surface area (Å²) in [7, 11) is 0. The maximum Gasteiger partial charge on any atom is 0.432 e. The van der Waals surface area contributed by atoms with Crippen LogP contribution in [0.1, 0.15) is 11.3 Å². The molecular weight excluding hydrogens is 456 g/mol. The number of hydrogen-bond acceptors (Lipinski definition) is 2. The maximum absolute atomic E-state index is 14.4. The fourth-order valence-electron chi connectivity index (χ4n) is 4.13. The summed E-state index contributed by atoms with van der Waals surface area (Å²) in [4.78, 5) is 4.31. The molecule has 0 fully saturated rings. The second-order valence-corrected chi connectivity index (χ2v) is 7.58. The summed E-state index contributed by atoms with van der Waals surface area (Å²) in [5.74, 6) is -0.313. The van der Waals surface area contributed by atoms with Crippen LogP contribution in [0.25, 0.3) is 27.5 Å². The Labute approximate surface area is 189 Å². The number of rotatable bonds is 3. The van der Waals surface area contributed by atoms with E-state index in [0.717, 1.165) is 0 Å². The molecule has 5 rings (SSSR count). The van der Waals surface area contributed by atoms with Crippen molar-refractivity contribution < 1.29 is 26.3 Å². The van der Waals surface area contributed by atoms with Gasteiger partial charge in [-0.25, -0.2) is 4.98 Å². The van der Waals surface area contributed by atoms with Gasteiger partial charge in [-0.1, -0.05) is 54.6 Å². The number of para-hydroxylation sites is 3. The molecule has 0 bridgehead atoms. The fraction of sp³-hybridized carbons (Fsp3) is 0.0800. The van der Waals surface area contributed by atoms with Crippen molar-refractivity contribution in [2.24, 2.45) is 0 Å². The molecule has 0 spiro atoms. The van der Waals surface area contributed by atoms with Crippen molar-refractivity contribution in [1.29, 1.82) is 0 Å². The van der Waals surface area contributed by atoms with Crippen LogP contribution >= 0.6 is 0 Å². The third-order valence-corrected chi connectivity index (χ3v) is 5.40. The average Bonchev–Trinajstić information content (AvgIpc) is 3.19. The zero-order valence-electron chi connectivity index (χ0n) is 17.2. The topological polar surface area (TPSA) is 29.9 Å². The van der Waals surface area contributed by atoms with E-state index in [4.69, 9.17) is 0 Å². The summed E-state index contributed by atoms with van der Waals surface area (Å²) in [6, 6.07) is 21.6. The van der Waals surface area contributed by atoms with Crippen molar-refractivity contribution in [3.05, 3.63) is 96.2 Å². The number of alkyl halides is 6. The summed E-state index contributed by atoms with van der Waals surface area (Å²) in [6.07, 6.45) is -10.6. The largest absolute Gasteiger partial charge is 0.432 e. The molecule has 0 radical (unpaired) electrons. The molecule has 0 amide bonds. The molecule has 0 aliphatic rings. The van der Waals surface area contributed by atoms with Gasteiger partial charge in [-0.05, 0) is 30.3 Å². The van der Waals surface area contributed by atoms with Gasteiger partial charge in [0, 0.05) is 16.8 Å². The SMILES string of the molecule is FC(F)(F)c1c(C(F)(F)F)n(-c2ccccc2)c2c1c(Nc1ccccc1)nc1ccccc12. The minimum Gasteiger partial charge on any atom is -0.340 e.